The molecular weight excluding hydrogens is 276 g/mol. The summed E-state index contributed by atoms with van der Waals surface area (Å²) in [7, 11) is 0. The van der Waals surface area contributed by atoms with Crippen LogP contribution in [0, 0.1) is 0 Å². The Hall–Kier alpha value is -2.20. The van der Waals surface area contributed by atoms with Gasteiger partial charge in [-0.1, -0.05) is 37.3 Å². The van der Waals surface area contributed by atoms with Crippen molar-refractivity contribution in [2.24, 2.45) is 0 Å². The van der Waals surface area contributed by atoms with Crippen molar-refractivity contribution in [2.45, 2.75) is 19.8 Å². The smallest absolute Gasteiger partial charge is 0.261 e. The molecule has 0 bridgehead atoms. The zero-order valence-corrected chi connectivity index (χ0v) is 12.8. The number of benzene rings is 1. The van der Waals surface area contributed by atoms with Crippen molar-refractivity contribution >= 4 is 23.5 Å². The minimum atomic E-state index is -0.187. The van der Waals surface area contributed by atoms with Gasteiger partial charge in [0.15, 0.2) is 0 Å². The molecule has 1 aromatic carbocycles. The first-order valence-corrected chi connectivity index (χ1v) is 7.81. The Morgan fingerprint density at radius 1 is 1.18 bits per heavy atom. The minimum absolute atomic E-state index is 0.174. The van der Waals surface area contributed by atoms with E-state index >= 15 is 0 Å². The molecule has 0 atom stereocenters. The van der Waals surface area contributed by atoms with E-state index in [1.54, 1.807) is 0 Å². The highest BCUT2D eigenvalue weighted by Gasteiger charge is 2.35. The average molecular weight is 296 g/mol. The normalized spacial score (nSPS) is 16.4. The number of hydrogen-bond donors (Lipinski definition) is 1. The van der Waals surface area contributed by atoms with Crippen molar-refractivity contribution in [3.05, 3.63) is 47.0 Å². The Morgan fingerprint density at radius 2 is 2.05 bits per heavy atom. The molecule has 2 aliphatic rings. The summed E-state index contributed by atoms with van der Waals surface area (Å²) in [6.45, 7) is 4.02. The van der Waals surface area contributed by atoms with E-state index in [0.29, 0.717) is 30.6 Å². The van der Waals surface area contributed by atoms with Crippen molar-refractivity contribution < 1.29 is 9.59 Å². The zero-order valence-electron chi connectivity index (χ0n) is 12.8. The standard InChI is InChI=1S/C18H20N2O2/c1-2-10-19-11-12-20-17(21)14-8-4-3-6-13-7-5-9-15(16(13)14)18(20)22/h3,5-9,19H,2,4,10-12H2,1H3. The predicted molar refractivity (Wildman–Crippen MR) is 87.3 cm³/mol. The molecule has 0 saturated heterocycles. The van der Waals surface area contributed by atoms with Crippen LogP contribution in [-0.4, -0.2) is 36.3 Å². The summed E-state index contributed by atoms with van der Waals surface area (Å²) < 4.78 is 0. The number of amides is 2. The number of allylic oxidation sites excluding steroid dienone is 2. The molecule has 0 aromatic heterocycles. The number of nitrogens with zero attached hydrogens (tertiary/aromatic N) is 1. The quantitative estimate of drug-likeness (QED) is 0.671. The van der Waals surface area contributed by atoms with Gasteiger partial charge in [-0.3, -0.25) is 14.5 Å². The lowest BCUT2D eigenvalue weighted by Gasteiger charge is -2.29. The van der Waals surface area contributed by atoms with Crippen LogP contribution in [0.2, 0.25) is 0 Å². The van der Waals surface area contributed by atoms with Gasteiger partial charge in [0, 0.05) is 29.8 Å². The number of nitrogens with one attached hydrogen (secondary N) is 1. The average Bonchev–Trinajstić information content (AvgIpc) is 2.75. The largest absolute Gasteiger partial charge is 0.315 e. The van der Waals surface area contributed by atoms with E-state index in [1.165, 1.54) is 4.90 Å². The van der Waals surface area contributed by atoms with Gasteiger partial charge in [0.2, 0.25) is 0 Å². The van der Waals surface area contributed by atoms with Crippen LogP contribution < -0.4 is 5.32 Å². The Morgan fingerprint density at radius 3 is 2.86 bits per heavy atom. The SMILES string of the molecule is CCCNCCN1C(=O)C2=CCC=Cc3cccc(c32)C1=O. The molecule has 1 aromatic rings. The van der Waals surface area contributed by atoms with Gasteiger partial charge in [0.05, 0.1) is 0 Å². The Labute approximate surface area is 130 Å². The van der Waals surface area contributed by atoms with Crippen LogP contribution in [0.1, 0.15) is 41.3 Å². The second-order valence-electron chi connectivity index (χ2n) is 5.54. The molecule has 114 valence electrons. The first kappa shape index (κ1) is 14.7. The van der Waals surface area contributed by atoms with Crippen molar-refractivity contribution in [2.75, 3.05) is 19.6 Å². The van der Waals surface area contributed by atoms with E-state index < -0.39 is 0 Å². The third-order valence-corrected chi connectivity index (χ3v) is 4.01. The van der Waals surface area contributed by atoms with Crippen molar-refractivity contribution in [3.8, 4) is 0 Å². The molecule has 3 rings (SSSR count). The molecule has 0 fully saturated rings. The molecule has 1 N–H and O–H groups in total. The predicted octanol–water partition coefficient (Wildman–Crippen LogP) is 2.47. The molecule has 4 nitrogen and oxygen atoms in total. The molecular formula is C18H20N2O2. The van der Waals surface area contributed by atoms with Gasteiger partial charge in [-0.15, -0.1) is 0 Å². The minimum Gasteiger partial charge on any atom is -0.315 e. The number of rotatable bonds is 5. The Balaban J connectivity index is 1.94. The maximum atomic E-state index is 12.7. The second-order valence-corrected chi connectivity index (χ2v) is 5.54. The molecule has 0 radical (unpaired) electrons. The van der Waals surface area contributed by atoms with E-state index in [4.69, 9.17) is 0 Å². The maximum absolute atomic E-state index is 12.7. The van der Waals surface area contributed by atoms with Crippen LogP contribution in [0.4, 0.5) is 0 Å². The van der Waals surface area contributed by atoms with Crippen LogP contribution >= 0.6 is 0 Å². The summed E-state index contributed by atoms with van der Waals surface area (Å²) in [4.78, 5) is 26.7. The number of carbonyl (C=O) groups excluding carboxylic acids is 2. The lowest BCUT2D eigenvalue weighted by Crippen LogP contribution is -2.45. The molecule has 2 amide bonds. The maximum Gasteiger partial charge on any atom is 0.261 e. The highest BCUT2D eigenvalue weighted by molar-refractivity contribution is 6.31. The number of carbonyl (C=O) groups is 2. The third-order valence-electron chi connectivity index (χ3n) is 4.01. The van der Waals surface area contributed by atoms with E-state index in [0.717, 1.165) is 24.1 Å². The van der Waals surface area contributed by atoms with Crippen LogP contribution in [-0.2, 0) is 4.79 Å². The van der Waals surface area contributed by atoms with E-state index in [1.807, 2.05) is 36.4 Å². The fourth-order valence-electron chi connectivity index (χ4n) is 2.94. The van der Waals surface area contributed by atoms with Crippen molar-refractivity contribution in [1.29, 1.82) is 0 Å². The van der Waals surface area contributed by atoms with Gasteiger partial charge >= 0.3 is 0 Å². The first-order chi connectivity index (χ1) is 10.7. The van der Waals surface area contributed by atoms with Crippen LogP contribution in [0.15, 0.2) is 30.4 Å². The fraction of sp³-hybridized carbons (Fsp3) is 0.333. The van der Waals surface area contributed by atoms with Gasteiger partial charge in [-0.2, -0.15) is 0 Å². The van der Waals surface area contributed by atoms with E-state index in [2.05, 4.69) is 12.2 Å². The lowest BCUT2D eigenvalue weighted by molar-refractivity contribution is -0.122. The van der Waals surface area contributed by atoms with Crippen LogP contribution in [0.3, 0.4) is 0 Å². The van der Waals surface area contributed by atoms with Crippen molar-refractivity contribution in [3.63, 3.8) is 0 Å². The molecule has 1 aliphatic heterocycles. The lowest BCUT2D eigenvalue weighted by atomic mass is 9.89. The third kappa shape index (κ3) is 2.50. The molecule has 0 unspecified atom stereocenters. The topological polar surface area (TPSA) is 49.4 Å². The molecule has 1 aliphatic carbocycles. The monoisotopic (exact) mass is 296 g/mol. The molecule has 4 heteroatoms. The summed E-state index contributed by atoms with van der Waals surface area (Å²) in [5, 5.41) is 3.24. The second kappa shape index (κ2) is 6.28. The highest BCUT2D eigenvalue weighted by atomic mass is 16.2. The van der Waals surface area contributed by atoms with Gasteiger partial charge < -0.3 is 5.32 Å². The molecule has 0 saturated carbocycles. The van der Waals surface area contributed by atoms with Crippen LogP contribution in [0.25, 0.3) is 11.6 Å². The molecule has 0 spiro atoms. The van der Waals surface area contributed by atoms with Crippen molar-refractivity contribution in [1.82, 2.24) is 10.2 Å². The summed E-state index contributed by atoms with van der Waals surface area (Å²) in [5.74, 6) is -0.362. The van der Waals surface area contributed by atoms with Gasteiger partial charge in [0.25, 0.3) is 11.8 Å². The van der Waals surface area contributed by atoms with Gasteiger partial charge in [0.1, 0.15) is 0 Å². The van der Waals surface area contributed by atoms with Gasteiger partial charge in [-0.05, 0) is 31.0 Å². The van der Waals surface area contributed by atoms with E-state index in [9.17, 15) is 9.59 Å². The van der Waals surface area contributed by atoms with Gasteiger partial charge in [-0.25, -0.2) is 0 Å². The summed E-state index contributed by atoms with van der Waals surface area (Å²) in [6.07, 6.45) is 7.68. The Kier molecular flexibility index (Phi) is 4.20. The number of hydrogen-bond acceptors (Lipinski definition) is 3. The molecule has 1 heterocycles. The van der Waals surface area contributed by atoms with E-state index in [-0.39, 0.29) is 11.8 Å². The summed E-state index contributed by atoms with van der Waals surface area (Å²) in [5.41, 5.74) is 3.03. The zero-order chi connectivity index (χ0) is 15.5. The fourth-order valence-corrected chi connectivity index (χ4v) is 2.94. The highest BCUT2D eigenvalue weighted by Crippen LogP contribution is 2.34. The summed E-state index contributed by atoms with van der Waals surface area (Å²) >= 11 is 0. The first-order valence-electron chi connectivity index (χ1n) is 7.81. The Bertz CT molecular complexity index is 674. The summed E-state index contributed by atoms with van der Waals surface area (Å²) in [6, 6.07) is 5.64. The molecule has 22 heavy (non-hydrogen) atoms. The number of imide groups is 1. The van der Waals surface area contributed by atoms with Crippen LogP contribution in [0.5, 0.6) is 0 Å².